The molecule has 2 N–H and O–H groups in total. The highest BCUT2D eigenvalue weighted by atomic mass is 16.5. The highest BCUT2D eigenvalue weighted by molar-refractivity contribution is 5.72. The summed E-state index contributed by atoms with van der Waals surface area (Å²) in [5.41, 5.74) is 6.41. The van der Waals surface area contributed by atoms with Crippen LogP contribution in [0.15, 0.2) is 24.3 Å². The number of fused-ring (bicyclic) bond motifs is 1. The number of rotatable bonds is 3. The molecule has 1 heterocycles. The Morgan fingerprint density at radius 2 is 2.16 bits per heavy atom. The number of carbonyl (C=O) groups is 1. The summed E-state index contributed by atoms with van der Waals surface area (Å²) < 4.78 is 10.5. The summed E-state index contributed by atoms with van der Waals surface area (Å²) in [6, 6.07) is 7.79. The number of hydrogen-bond donors (Lipinski definition) is 1. The first-order valence-corrected chi connectivity index (χ1v) is 6.49. The Morgan fingerprint density at radius 3 is 2.79 bits per heavy atom. The molecule has 0 bridgehead atoms. The van der Waals surface area contributed by atoms with Crippen LogP contribution in [0, 0.1) is 0 Å². The number of hydrogen-bond acceptors (Lipinski definition) is 4. The van der Waals surface area contributed by atoms with Gasteiger partial charge in [-0.05, 0) is 26.3 Å². The average molecular weight is 263 g/mol. The van der Waals surface area contributed by atoms with E-state index in [9.17, 15) is 4.79 Å². The third-order valence-electron chi connectivity index (χ3n) is 4.10. The van der Waals surface area contributed by atoms with Crippen molar-refractivity contribution in [1.82, 2.24) is 0 Å². The van der Waals surface area contributed by atoms with Crippen LogP contribution in [-0.2, 0) is 14.9 Å². The second-order valence-corrected chi connectivity index (χ2v) is 5.65. The molecule has 1 aromatic carbocycles. The van der Waals surface area contributed by atoms with Crippen LogP contribution in [0.4, 0.5) is 0 Å². The molecule has 1 atom stereocenters. The lowest BCUT2D eigenvalue weighted by atomic mass is 9.62. The van der Waals surface area contributed by atoms with Gasteiger partial charge in [-0.2, -0.15) is 0 Å². The van der Waals surface area contributed by atoms with Gasteiger partial charge in [0.25, 0.3) is 0 Å². The molecule has 0 saturated heterocycles. The molecule has 0 spiro atoms. The molecule has 2 rings (SSSR count). The minimum absolute atomic E-state index is 0.241. The van der Waals surface area contributed by atoms with E-state index in [1.165, 1.54) is 7.11 Å². The predicted molar refractivity (Wildman–Crippen MR) is 73.1 cm³/mol. The van der Waals surface area contributed by atoms with Crippen LogP contribution >= 0.6 is 0 Å². The van der Waals surface area contributed by atoms with Gasteiger partial charge >= 0.3 is 5.97 Å². The van der Waals surface area contributed by atoms with Crippen LogP contribution in [-0.4, -0.2) is 25.2 Å². The van der Waals surface area contributed by atoms with E-state index in [0.29, 0.717) is 13.0 Å². The van der Waals surface area contributed by atoms with Crippen molar-refractivity contribution in [1.29, 1.82) is 0 Å². The van der Waals surface area contributed by atoms with E-state index >= 15 is 0 Å². The zero-order valence-electron chi connectivity index (χ0n) is 11.7. The average Bonchev–Trinajstić information content (AvgIpc) is 2.37. The quantitative estimate of drug-likeness (QED) is 0.847. The maximum atomic E-state index is 11.8. The van der Waals surface area contributed by atoms with E-state index in [0.717, 1.165) is 11.3 Å². The standard InChI is InChI=1S/C15H21NO3/c1-14(2,16)15(10-13(17)18-3)8-9-19-12-7-5-4-6-11(12)15/h4-7H,8-10,16H2,1-3H3. The first-order chi connectivity index (χ1) is 8.90. The second-order valence-electron chi connectivity index (χ2n) is 5.65. The molecular formula is C15H21NO3. The number of carbonyl (C=O) groups excluding carboxylic acids is 1. The number of esters is 1. The molecule has 1 unspecified atom stereocenters. The number of para-hydroxylation sites is 1. The molecule has 104 valence electrons. The molecule has 19 heavy (non-hydrogen) atoms. The molecule has 4 heteroatoms. The highest BCUT2D eigenvalue weighted by Crippen LogP contribution is 2.47. The fourth-order valence-corrected chi connectivity index (χ4v) is 2.86. The molecule has 0 aromatic heterocycles. The number of nitrogens with two attached hydrogens (primary N) is 1. The molecule has 4 nitrogen and oxygen atoms in total. The summed E-state index contributed by atoms with van der Waals surface area (Å²) in [7, 11) is 1.41. The van der Waals surface area contributed by atoms with Crippen molar-refractivity contribution in [2.75, 3.05) is 13.7 Å². The zero-order valence-corrected chi connectivity index (χ0v) is 11.7. The van der Waals surface area contributed by atoms with Crippen LogP contribution in [0.3, 0.4) is 0 Å². The maximum Gasteiger partial charge on any atom is 0.306 e. The largest absolute Gasteiger partial charge is 0.493 e. The molecule has 1 aliphatic heterocycles. The molecule has 0 saturated carbocycles. The topological polar surface area (TPSA) is 61.5 Å². The van der Waals surface area contributed by atoms with Crippen molar-refractivity contribution in [3.8, 4) is 5.75 Å². The van der Waals surface area contributed by atoms with Crippen LogP contribution in [0.2, 0.25) is 0 Å². The zero-order chi connectivity index (χ0) is 14.1. The first kappa shape index (κ1) is 13.9. The monoisotopic (exact) mass is 263 g/mol. The van der Waals surface area contributed by atoms with Gasteiger partial charge in [-0.25, -0.2) is 0 Å². The predicted octanol–water partition coefficient (Wildman–Crippen LogP) is 2.01. The second kappa shape index (κ2) is 4.85. The maximum absolute atomic E-state index is 11.8. The SMILES string of the molecule is COC(=O)CC1(C(C)(C)N)CCOc2ccccc21. The molecule has 0 amide bonds. The smallest absolute Gasteiger partial charge is 0.306 e. The van der Waals surface area contributed by atoms with Crippen molar-refractivity contribution in [2.45, 2.75) is 37.6 Å². The fraction of sp³-hybridized carbons (Fsp3) is 0.533. The number of methoxy groups -OCH3 is 1. The van der Waals surface area contributed by atoms with Gasteiger partial charge in [-0.3, -0.25) is 4.79 Å². The third-order valence-corrected chi connectivity index (χ3v) is 4.10. The van der Waals surface area contributed by atoms with E-state index in [4.69, 9.17) is 15.2 Å². The van der Waals surface area contributed by atoms with E-state index < -0.39 is 11.0 Å². The van der Waals surface area contributed by atoms with Gasteiger partial charge in [0.1, 0.15) is 5.75 Å². The van der Waals surface area contributed by atoms with E-state index in [-0.39, 0.29) is 12.4 Å². The van der Waals surface area contributed by atoms with Gasteiger partial charge in [-0.15, -0.1) is 0 Å². The Balaban J connectivity index is 2.54. The fourth-order valence-electron chi connectivity index (χ4n) is 2.86. The Labute approximate surface area is 113 Å². The van der Waals surface area contributed by atoms with E-state index in [1.54, 1.807) is 0 Å². The van der Waals surface area contributed by atoms with Gasteiger partial charge in [0.2, 0.25) is 0 Å². The van der Waals surface area contributed by atoms with Crippen molar-refractivity contribution < 1.29 is 14.3 Å². The summed E-state index contributed by atoms with van der Waals surface area (Å²) in [6.45, 7) is 4.48. The summed E-state index contributed by atoms with van der Waals surface area (Å²) in [4.78, 5) is 11.8. The minimum Gasteiger partial charge on any atom is -0.493 e. The van der Waals surface area contributed by atoms with Crippen LogP contribution < -0.4 is 10.5 Å². The summed E-state index contributed by atoms with van der Waals surface area (Å²) >= 11 is 0. The minimum atomic E-state index is -0.541. The van der Waals surface area contributed by atoms with Crippen molar-refractivity contribution in [3.63, 3.8) is 0 Å². The van der Waals surface area contributed by atoms with Crippen LogP contribution in [0.25, 0.3) is 0 Å². The lowest BCUT2D eigenvalue weighted by Crippen LogP contribution is -2.57. The van der Waals surface area contributed by atoms with Gasteiger partial charge in [-0.1, -0.05) is 18.2 Å². The van der Waals surface area contributed by atoms with Crippen LogP contribution in [0.1, 0.15) is 32.3 Å². The van der Waals surface area contributed by atoms with E-state index in [1.807, 2.05) is 38.1 Å². The summed E-state index contributed by atoms with van der Waals surface area (Å²) in [6.07, 6.45) is 0.982. The van der Waals surface area contributed by atoms with Gasteiger partial charge < -0.3 is 15.2 Å². The Bertz CT molecular complexity index is 479. The first-order valence-electron chi connectivity index (χ1n) is 6.49. The Kier molecular flexibility index (Phi) is 3.54. The molecular weight excluding hydrogens is 242 g/mol. The molecule has 1 aliphatic rings. The molecule has 1 aromatic rings. The van der Waals surface area contributed by atoms with Gasteiger partial charge in [0.05, 0.1) is 20.1 Å². The number of benzene rings is 1. The van der Waals surface area contributed by atoms with E-state index in [2.05, 4.69) is 0 Å². The highest BCUT2D eigenvalue weighted by Gasteiger charge is 2.49. The van der Waals surface area contributed by atoms with Crippen molar-refractivity contribution >= 4 is 5.97 Å². The van der Waals surface area contributed by atoms with Crippen molar-refractivity contribution in [3.05, 3.63) is 29.8 Å². The third kappa shape index (κ3) is 2.32. The van der Waals surface area contributed by atoms with Gasteiger partial charge in [0.15, 0.2) is 0 Å². The Morgan fingerprint density at radius 1 is 1.47 bits per heavy atom. The van der Waals surface area contributed by atoms with Gasteiger partial charge in [0, 0.05) is 16.5 Å². The lowest BCUT2D eigenvalue weighted by molar-refractivity contribution is -0.143. The lowest BCUT2D eigenvalue weighted by Gasteiger charge is -2.47. The molecule has 0 radical (unpaired) electrons. The molecule has 0 aliphatic carbocycles. The summed E-state index contributed by atoms with van der Waals surface area (Å²) in [5.74, 6) is 0.575. The normalized spacial score (nSPS) is 22.3. The Hall–Kier alpha value is -1.55. The number of ether oxygens (including phenoxy) is 2. The van der Waals surface area contributed by atoms with Crippen molar-refractivity contribution in [2.24, 2.45) is 5.73 Å². The van der Waals surface area contributed by atoms with Crippen LogP contribution in [0.5, 0.6) is 5.75 Å². The summed E-state index contributed by atoms with van der Waals surface area (Å²) in [5, 5.41) is 0. The molecule has 0 fully saturated rings.